The molecule has 0 amide bonds. The van der Waals surface area contributed by atoms with E-state index in [0.717, 1.165) is 11.1 Å². The largest absolute Gasteiger partial charge is 0.382 e. The number of aromatic nitrogens is 4. The zero-order valence-electron chi connectivity index (χ0n) is 19.9. The van der Waals surface area contributed by atoms with E-state index >= 15 is 0 Å². The molecule has 5 rings (SSSR count). The first-order valence-electron chi connectivity index (χ1n) is 11.4. The lowest BCUT2D eigenvalue weighted by molar-refractivity contribution is -0.140. The van der Waals surface area contributed by atoms with Crippen molar-refractivity contribution in [1.29, 1.82) is 0 Å². The molecule has 10 nitrogen and oxygen atoms in total. The van der Waals surface area contributed by atoms with Crippen molar-refractivity contribution in [3.8, 4) is 0 Å². The van der Waals surface area contributed by atoms with E-state index in [1.807, 2.05) is 37.3 Å². The minimum absolute atomic E-state index is 0.0464. The fourth-order valence-corrected chi connectivity index (χ4v) is 6.55. The van der Waals surface area contributed by atoms with Gasteiger partial charge in [0, 0.05) is 7.11 Å². The Morgan fingerprint density at radius 1 is 1.06 bits per heavy atom. The molecule has 0 bridgehead atoms. The summed E-state index contributed by atoms with van der Waals surface area (Å²) in [6.07, 6.45) is 1.11. The maximum absolute atomic E-state index is 14.1. The number of hydrogen-bond acceptors (Lipinski definition) is 9. The number of benzene rings is 2. The van der Waals surface area contributed by atoms with Crippen LogP contribution in [0.5, 0.6) is 0 Å². The van der Waals surface area contributed by atoms with Crippen LogP contribution >= 0.6 is 0 Å². The van der Waals surface area contributed by atoms with Gasteiger partial charge in [0.15, 0.2) is 27.6 Å². The van der Waals surface area contributed by atoms with E-state index in [1.165, 1.54) is 19.8 Å². The number of nitrogens with zero attached hydrogens (tertiary/aromatic N) is 4. The molecule has 0 unspecified atom stereocenters. The number of fused-ring (bicyclic) bond motifs is 1. The summed E-state index contributed by atoms with van der Waals surface area (Å²) in [5.74, 6) is 0.201. The zero-order valence-corrected chi connectivity index (χ0v) is 20.7. The normalized spacial score (nSPS) is 22.3. The van der Waals surface area contributed by atoms with Gasteiger partial charge in [0.2, 0.25) is 0 Å². The van der Waals surface area contributed by atoms with Crippen LogP contribution in [0.3, 0.4) is 0 Å². The van der Waals surface area contributed by atoms with Crippen LogP contribution in [0.25, 0.3) is 11.2 Å². The monoisotopic (exact) mass is 509 g/mol. The van der Waals surface area contributed by atoms with E-state index in [0.29, 0.717) is 17.8 Å². The second kappa shape index (κ2) is 9.94. The summed E-state index contributed by atoms with van der Waals surface area (Å²) >= 11 is 0. The van der Waals surface area contributed by atoms with Gasteiger partial charge >= 0.3 is 0 Å². The van der Waals surface area contributed by atoms with Crippen molar-refractivity contribution in [2.75, 3.05) is 19.5 Å². The average Bonchev–Trinajstić information content (AvgIpc) is 3.47. The van der Waals surface area contributed by atoms with Crippen molar-refractivity contribution < 1.29 is 22.6 Å². The fourth-order valence-electron chi connectivity index (χ4n) is 4.55. The Morgan fingerprint density at radius 2 is 1.81 bits per heavy atom. The number of hydrogen-bond donors (Lipinski definition) is 1. The summed E-state index contributed by atoms with van der Waals surface area (Å²) in [5.41, 5.74) is 8.69. The van der Waals surface area contributed by atoms with Crippen LogP contribution in [-0.2, 0) is 30.7 Å². The molecule has 1 aliphatic rings. The van der Waals surface area contributed by atoms with E-state index < -0.39 is 33.5 Å². The number of nitrogens with two attached hydrogens (primary N) is 1. The molecule has 2 aromatic heterocycles. The number of sulfone groups is 1. The number of imidazole rings is 1. The summed E-state index contributed by atoms with van der Waals surface area (Å²) in [7, 11) is -2.43. The number of methoxy groups -OCH3 is 1. The van der Waals surface area contributed by atoms with Gasteiger partial charge in [0.1, 0.15) is 29.2 Å². The summed E-state index contributed by atoms with van der Waals surface area (Å²) in [6.45, 7) is 2.27. The molecule has 1 aliphatic heterocycles. The molecule has 2 aromatic carbocycles. The molecule has 36 heavy (non-hydrogen) atoms. The lowest BCUT2D eigenvalue weighted by Crippen LogP contribution is -2.39. The second-order valence-electron chi connectivity index (χ2n) is 8.68. The van der Waals surface area contributed by atoms with Gasteiger partial charge < -0.3 is 24.5 Å². The van der Waals surface area contributed by atoms with Gasteiger partial charge in [-0.25, -0.2) is 23.4 Å². The topological polar surface area (TPSA) is 131 Å². The molecular weight excluding hydrogens is 482 g/mol. The molecule has 2 N–H and O–H groups in total. The van der Waals surface area contributed by atoms with E-state index in [4.69, 9.17) is 19.9 Å². The number of nitrogen functional groups attached to an aromatic ring is 1. The quantitative estimate of drug-likeness (QED) is 0.381. The number of anilines is 1. The van der Waals surface area contributed by atoms with Gasteiger partial charge in [0.25, 0.3) is 0 Å². The Balaban J connectivity index is 1.55. The minimum atomic E-state index is -3.90. The van der Waals surface area contributed by atoms with Gasteiger partial charge in [-0.05, 0) is 24.6 Å². The van der Waals surface area contributed by atoms with Gasteiger partial charge in [-0.15, -0.1) is 0 Å². The first kappa shape index (κ1) is 24.3. The third-order valence-electron chi connectivity index (χ3n) is 6.33. The van der Waals surface area contributed by atoms with Crippen molar-refractivity contribution in [3.05, 3.63) is 78.4 Å². The zero-order chi connectivity index (χ0) is 25.3. The predicted octanol–water partition coefficient (Wildman–Crippen LogP) is 2.69. The fraction of sp³-hybridized carbons (Fsp3) is 0.320. The second-order valence-corrected chi connectivity index (χ2v) is 10.8. The highest BCUT2D eigenvalue weighted by molar-refractivity contribution is 7.92. The van der Waals surface area contributed by atoms with Crippen LogP contribution in [0.2, 0.25) is 0 Å². The molecule has 4 aromatic rings. The molecule has 4 atom stereocenters. The maximum atomic E-state index is 14.1. The number of aryl methyl sites for hydroxylation is 1. The van der Waals surface area contributed by atoms with Crippen LogP contribution < -0.4 is 5.73 Å². The first-order valence-corrected chi connectivity index (χ1v) is 13.0. The number of rotatable bonds is 8. The van der Waals surface area contributed by atoms with E-state index in [1.54, 1.807) is 28.8 Å². The van der Waals surface area contributed by atoms with Crippen molar-refractivity contribution >= 4 is 26.8 Å². The molecule has 0 radical (unpaired) electrons. The summed E-state index contributed by atoms with van der Waals surface area (Å²) in [5, 5.41) is -1.05. The van der Waals surface area contributed by atoms with E-state index in [2.05, 4.69) is 15.0 Å². The Labute approximate surface area is 209 Å². The maximum Gasteiger partial charge on any atom is 0.186 e. The van der Waals surface area contributed by atoms with Crippen molar-refractivity contribution in [2.24, 2.45) is 0 Å². The van der Waals surface area contributed by atoms with Crippen molar-refractivity contribution in [3.63, 3.8) is 0 Å². The summed E-state index contributed by atoms with van der Waals surface area (Å²) in [6, 6.07) is 15.6. The summed E-state index contributed by atoms with van der Waals surface area (Å²) < 4.78 is 47.5. The highest BCUT2D eigenvalue weighted by atomic mass is 32.2. The van der Waals surface area contributed by atoms with Crippen LogP contribution in [0.4, 0.5) is 5.82 Å². The molecule has 1 saturated heterocycles. The Kier molecular flexibility index (Phi) is 6.71. The highest BCUT2D eigenvalue weighted by Crippen LogP contribution is 2.40. The van der Waals surface area contributed by atoms with Crippen molar-refractivity contribution in [1.82, 2.24) is 19.5 Å². The van der Waals surface area contributed by atoms with Crippen LogP contribution in [0, 0.1) is 6.92 Å². The molecule has 3 heterocycles. The molecule has 0 saturated carbocycles. The first-order chi connectivity index (χ1) is 17.4. The lowest BCUT2D eigenvalue weighted by Gasteiger charge is -2.25. The molecular formula is C25H27N5O5S. The van der Waals surface area contributed by atoms with Gasteiger partial charge in [-0.1, -0.05) is 48.0 Å². The predicted molar refractivity (Wildman–Crippen MR) is 133 cm³/mol. The van der Waals surface area contributed by atoms with E-state index in [-0.39, 0.29) is 17.3 Å². The Hall–Kier alpha value is -3.38. The van der Waals surface area contributed by atoms with Crippen LogP contribution in [0.1, 0.15) is 17.2 Å². The smallest absolute Gasteiger partial charge is 0.186 e. The molecule has 0 aliphatic carbocycles. The number of ether oxygens (including phenoxy) is 3. The molecule has 1 fully saturated rings. The molecule has 0 spiro atoms. The van der Waals surface area contributed by atoms with Crippen LogP contribution in [0.15, 0.2) is 72.1 Å². The summed E-state index contributed by atoms with van der Waals surface area (Å²) in [4.78, 5) is 12.8. The van der Waals surface area contributed by atoms with Crippen molar-refractivity contribution in [2.45, 2.75) is 42.1 Å². The molecule has 11 heteroatoms. The average molecular weight is 510 g/mol. The minimum Gasteiger partial charge on any atom is -0.382 e. The Morgan fingerprint density at radius 3 is 2.53 bits per heavy atom. The SMILES string of the molecule is CO[C@H]1O[C@H](COCc2ccccc2)[C@@H](S(=O)(=O)c2ccc(C)cc2)[C@@H]1n1cnc2c(N)ncnc21. The Bertz CT molecular complexity index is 1440. The van der Waals surface area contributed by atoms with E-state index in [9.17, 15) is 8.42 Å². The third kappa shape index (κ3) is 4.46. The standard InChI is InChI=1S/C25H27N5O5S/c1-16-8-10-18(11-9-16)36(31,32)22-19(13-34-12-17-6-4-3-5-7-17)35-25(33-2)21(22)30-15-29-20-23(26)27-14-28-24(20)30/h3-11,14-15,19,21-22,25H,12-13H2,1-2H3,(H2,26,27,28)/t19-,21+,22-,25+/m1/s1. The van der Waals surface area contributed by atoms with Gasteiger partial charge in [0.05, 0.1) is 24.4 Å². The third-order valence-corrected chi connectivity index (χ3v) is 8.56. The lowest BCUT2D eigenvalue weighted by atomic mass is 10.1. The van der Waals surface area contributed by atoms with Crippen LogP contribution in [-0.4, -0.2) is 59.3 Å². The molecule has 188 valence electrons. The van der Waals surface area contributed by atoms with Gasteiger partial charge in [-0.3, -0.25) is 0 Å². The van der Waals surface area contributed by atoms with Gasteiger partial charge in [-0.2, -0.15) is 0 Å². The highest BCUT2D eigenvalue weighted by Gasteiger charge is 2.53.